The molecule has 0 aliphatic carbocycles. The molecule has 1 aliphatic rings. The first kappa shape index (κ1) is 17.5. The molecule has 3 rings (SSSR count). The molecular formula is C18H21ClNO3P. The zero-order valence-corrected chi connectivity index (χ0v) is 15.4. The van der Waals surface area contributed by atoms with Crippen LogP contribution in [0.2, 0.25) is 5.02 Å². The zero-order valence-electron chi connectivity index (χ0n) is 13.8. The number of nitrogens with one attached hydrogen (secondary N) is 1. The van der Waals surface area contributed by atoms with Gasteiger partial charge in [-0.1, -0.05) is 11.6 Å². The largest absolute Gasteiger partial charge is 0.457 e. The van der Waals surface area contributed by atoms with E-state index >= 15 is 0 Å². The molecule has 2 aromatic rings. The first-order valence-electron chi connectivity index (χ1n) is 7.94. The highest BCUT2D eigenvalue weighted by atomic mass is 35.5. The van der Waals surface area contributed by atoms with Crippen LogP contribution in [0.15, 0.2) is 48.5 Å². The standard InChI is InChI=1S/C18H21ClNO3P/c1-18(2)12-3-13-22-24(21,20-18)17-10-8-16(9-11-17)23-15-6-4-14(19)5-7-15/h4-11H,3,12-13H2,1-2H3,(H,20,21). The highest BCUT2D eigenvalue weighted by molar-refractivity contribution is 7.65. The predicted octanol–water partition coefficient (Wildman–Crippen LogP) is 5.13. The Morgan fingerprint density at radius 2 is 1.67 bits per heavy atom. The number of hydrogen-bond acceptors (Lipinski definition) is 3. The maximum Gasteiger partial charge on any atom is 0.300 e. The molecular weight excluding hydrogens is 345 g/mol. The number of ether oxygens (including phenoxy) is 1. The smallest absolute Gasteiger partial charge is 0.300 e. The fourth-order valence-electron chi connectivity index (χ4n) is 2.68. The maximum absolute atomic E-state index is 13.2. The summed E-state index contributed by atoms with van der Waals surface area (Å²) in [5.41, 5.74) is -0.218. The van der Waals surface area contributed by atoms with Gasteiger partial charge in [0.15, 0.2) is 0 Å². The fraction of sp³-hybridized carbons (Fsp3) is 0.333. The Balaban J connectivity index is 1.78. The highest BCUT2D eigenvalue weighted by Gasteiger charge is 2.35. The molecule has 0 radical (unpaired) electrons. The second kappa shape index (κ2) is 6.89. The van der Waals surface area contributed by atoms with E-state index in [1.54, 1.807) is 48.5 Å². The molecule has 128 valence electrons. The van der Waals surface area contributed by atoms with E-state index in [4.69, 9.17) is 20.9 Å². The Morgan fingerprint density at radius 3 is 2.29 bits per heavy atom. The molecule has 0 amide bonds. The topological polar surface area (TPSA) is 47.6 Å². The number of benzene rings is 2. The number of halogens is 1. The minimum atomic E-state index is -3.06. The lowest BCUT2D eigenvalue weighted by atomic mass is 10.0. The molecule has 1 unspecified atom stereocenters. The SMILES string of the molecule is CC1(C)CCCOP(=O)(c2ccc(Oc3ccc(Cl)cc3)cc2)N1. The average molecular weight is 366 g/mol. The van der Waals surface area contributed by atoms with E-state index in [1.165, 1.54) is 0 Å². The third-order valence-electron chi connectivity index (χ3n) is 3.90. The van der Waals surface area contributed by atoms with Crippen LogP contribution in [0.25, 0.3) is 0 Å². The fourth-order valence-corrected chi connectivity index (χ4v) is 4.99. The van der Waals surface area contributed by atoms with Crippen molar-refractivity contribution in [2.24, 2.45) is 0 Å². The Hall–Kier alpha value is -1.32. The van der Waals surface area contributed by atoms with Crippen molar-refractivity contribution < 1.29 is 13.8 Å². The normalized spacial score (nSPS) is 23.5. The summed E-state index contributed by atoms with van der Waals surface area (Å²) in [5.74, 6) is 1.37. The molecule has 6 heteroatoms. The van der Waals surface area contributed by atoms with Crippen molar-refractivity contribution in [1.82, 2.24) is 5.09 Å². The molecule has 0 saturated carbocycles. The molecule has 1 fully saturated rings. The van der Waals surface area contributed by atoms with Crippen LogP contribution in [-0.4, -0.2) is 12.1 Å². The van der Waals surface area contributed by atoms with Crippen molar-refractivity contribution in [2.75, 3.05) is 6.61 Å². The quantitative estimate of drug-likeness (QED) is 0.766. The molecule has 0 spiro atoms. The van der Waals surface area contributed by atoms with Crippen LogP contribution in [0.5, 0.6) is 11.5 Å². The van der Waals surface area contributed by atoms with E-state index in [1.807, 2.05) is 13.8 Å². The number of rotatable bonds is 3. The molecule has 1 saturated heterocycles. The van der Waals surface area contributed by atoms with Gasteiger partial charge in [-0.15, -0.1) is 0 Å². The van der Waals surface area contributed by atoms with Crippen molar-refractivity contribution in [2.45, 2.75) is 32.2 Å². The van der Waals surface area contributed by atoms with Gasteiger partial charge in [0.25, 0.3) is 7.52 Å². The molecule has 0 aromatic heterocycles. The van der Waals surface area contributed by atoms with Crippen molar-refractivity contribution >= 4 is 24.4 Å². The molecule has 2 aromatic carbocycles. The third-order valence-corrected chi connectivity index (χ3v) is 6.57. The summed E-state index contributed by atoms with van der Waals surface area (Å²) in [4.78, 5) is 0. The van der Waals surface area contributed by atoms with Gasteiger partial charge in [-0.3, -0.25) is 4.57 Å². The summed E-state index contributed by atoms with van der Waals surface area (Å²) in [6.45, 7) is 4.59. The van der Waals surface area contributed by atoms with Crippen LogP contribution < -0.4 is 15.1 Å². The third kappa shape index (κ3) is 4.20. The zero-order chi connectivity index (χ0) is 17.2. The van der Waals surface area contributed by atoms with Gasteiger partial charge in [0.1, 0.15) is 11.5 Å². The average Bonchev–Trinajstić information content (AvgIpc) is 2.68. The Morgan fingerprint density at radius 1 is 1.08 bits per heavy atom. The van der Waals surface area contributed by atoms with Crippen molar-refractivity contribution in [3.05, 3.63) is 53.6 Å². The maximum atomic E-state index is 13.2. The highest BCUT2D eigenvalue weighted by Crippen LogP contribution is 2.46. The minimum Gasteiger partial charge on any atom is -0.457 e. The summed E-state index contributed by atoms with van der Waals surface area (Å²) in [5, 5.41) is 4.52. The van der Waals surface area contributed by atoms with E-state index in [2.05, 4.69) is 5.09 Å². The van der Waals surface area contributed by atoms with Crippen LogP contribution in [0, 0.1) is 0 Å². The summed E-state index contributed by atoms with van der Waals surface area (Å²) < 4.78 is 24.6. The van der Waals surface area contributed by atoms with E-state index in [9.17, 15) is 4.57 Å². The first-order chi connectivity index (χ1) is 11.4. The second-order valence-electron chi connectivity index (χ2n) is 6.53. The van der Waals surface area contributed by atoms with Gasteiger partial charge in [-0.05, 0) is 75.2 Å². The van der Waals surface area contributed by atoms with Crippen LogP contribution in [0.4, 0.5) is 0 Å². The molecule has 1 atom stereocenters. The van der Waals surface area contributed by atoms with Crippen LogP contribution >= 0.6 is 19.1 Å². The van der Waals surface area contributed by atoms with E-state index < -0.39 is 7.52 Å². The van der Waals surface area contributed by atoms with Gasteiger partial charge < -0.3 is 9.26 Å². The van der Waals surface area contributed by atoms with Gasteiger partial charge in [-0.25, -0.2) is 5.09 Å². The van der Waals surface area contributed by atoms with Crippen LogP contribution in [-0.2, 0) is 9.09 Å². The summed E-state index contributed by atoms with van der Waals surface area (Å²) in [6.07, 6.45) is 1.82. The van der Waals surface area contributed by atoms with Crippen LogP contribution in [0.3, 0.4) is 0 Å². The molecule has 0 bridgehead atoms. The lowest BCUT2D eigenvalue weighted by Crippen LogP contribution is -2.38. The monoisotopic (exact) mass is 365 g/mol. The molecule has 24 heavy (non-hydrogen) atoms. The van der Waals surface area contributed by atoms with Crippen LogP contribution in [0.1, 0.15) is 26.7 Å². The second-order valence-corrected chi connectivity index (χ2v) is 9.07. The van der Waals surface area contributed by atoms with Gasteiger partial charge in [0.2, 0.25) is 0 Å². The Kier molecular flexibility index (Phi) is 5.03. The summed E-state index contributed by atoms with van der Waals surface area (Å²) >= 11 is 5.87. The Bertz CT molecular complexity index is 744. The van der Waals surface area contributed by atoms with E-state index in [0.29, 0.717) is 28.4 Å². The number of hydrogen-bond donors (Lipinski definition) is 1. The van der Waals surface area contributed by atoms with Crippen molar-refractivity contribution in [3.63, 3.8) is 0 Å². The van der Waals surface area contributed by atoms with Gasteiger partial charge >= 0.3 is 0 Å². The van der Waals surface area contributed by atoms with Crippen molar-refractivity contribution in [3.8, 4) is 11.5 Å². The van der Waals surface area contributed by atoms with Gasteiger partial charge in [0, 0.05) is 10.6 Å². The summed E-state index contributed by atoms with van der Waals surface area (Å²) in [6, 6.07) is 14.3. The minimum absolute atomic E-state index is 0.218. The summed E-state index contributed by atoms with van der Waals surface area (Å²) in [7, 11) is -3.06. The lowest BCUT2D eigenvalue weighted by Gasteiger charge is -2.28. The predicted molar refractivity (Wildman–Crippen MR) is 97.6 cm³/mol. The van der Waals surface area contributed by atoms with Crippen molar-refractivity contribution in [1.29, 1.82) is 0 Å². The van der Waals surface area contributed by atoms with Gasteiger partial charge in [0.05, 0.1) is 11.9 Å². The van der Waals surface area contributed by atoms with Gasteiger partial charge in [-0.2, -0.15) is 0 Å². The molecule has 4 nitrogen and oxygen atoms in total. The molecule has 1 heterocycles. The molecule has 1 aliphatic heterocycles. The lowest BCUT2D eigenvalue weighted by molar-refractivity contribution is 0.318. The Labute approximate surface area is 147 Å². The van der Waals surface area contributed by atoms with E-state index in [0.717, 1.165) is 12.8 Å². The van der Waals surface area contributed by atoms with E-state index in [-0.39, 0.29) is 5.54 Å². The first-order valence-corrected chi connectivity index (χ1v) is 9.95. The molecule has 1 N–H and O–H groups in total.